The summed E-state index contributed by atoms with van der Waals surface area (Å²) in [6.45, 7) is 7.92. The summed E-state index contributed by atoms with van der Waals surface area (Å²) in [5, 5.41) is 39.8. The van der Waals surface area contributed by atoms with Crippen molar-refractivity contribution in [1.82, 2.24) is 0 Å². The van der Waals surface area contributed by atoms with E-state index in [1.807, 2.05) is 0 Å². The zero-order valence-electron chi connectivity index (χ0n) is 12.9. The lowest BCUT2D eigenvalue weighted by Gasteiger charge is -2.43. The number of ether oxygens (including phenoxy) is 2. The molecule has 4 N–H and O–H groups in total. The molecule has 0 amide bonds. The minimum absolute atomic E-state index is 0.343. The lowest BCUT2D eigenvalue weighted by Crippen LogP contribution is -2.65. The summed E-state index contributed by atoms with van der Waals surface area (Å²) in [5.74, 6) is 0. The molecular weight excluding hydrogens is 288 g/mol. The van der Waals surface area contributed by atoms with Crippen molar-refractivity contribution < 1.29 is 29.9 Å². The summed E-state index contributed by atoms with van der Waals surface area (Å²) >= 11 is 0. The zero-order chi connectivity index (χ0) is 16.5. The Hall–Kier alpha value is -0.760. The van der Waals surface area contributed by atoms with Crippen LogP contribution in [0.25, 0.3) is 0 Å². The molecule has 1 saturated carbocycles. The molecule has 0 aromatic carbocycles. The number of hydrogen-bond acceptors (Lipinski definition) is 6. The molecule has 0 aliphatic heterocycles. The Balaban J connectivity index is 2.65. The van der Waals surface area contributed by atoms with Gasteiger partial charge in [0.25, 0.3) is 0 Å². The van der Waals surface area contributed by atoms with E-state index in [1.165, 1.54) is 0 Å². The minimum Gasteiger partial charge on any atom is -0.387 e. The Kier molecular flexibility index (Phi) is 8.85. The second-order valence-corrected chi connectivity index (χ2v) is 5.49. The normalized spacial score (nSPS) is 35.3. The monoisotopic (exact) mass is 316 g/mol. The van der Waals surface area contributed by atoms with Crippen LogP contribution in [-0.4, -0.2) is 70.3 Å². The van der Waals surface area contributed by atoms with Crippen molar-refractivity contribution in [2.24, 2.45) is 0 Å². The van der Waals surface area contributed by atoms with Gasteiger partial charge >= 0.3 is 0 Å². The lowest BCUT2D eigenvalue weighted by atomic mass is 9.84. The van der Waals surface area contributed by atoms with Crippen LogP contribution in [0.3, 0.4) is 0 Å². The molecule has 1 fully saturated rings. The highest BCUT2D eigenvalue weighted by molar-refractivity contribution is 5.00. The molecule has 6 heteroatoms. The van der Waals surface area contributed by atoms with Gasteiger partial charge < -0.3 is 29.9 Å². The van der Waals surface area contributed by atoms with E-state index in [1.54, 1.807) is 12.2 Å². The summed E-state index contributed by atoms with van der Waals surface area (Å²) < 4.78 is 11.2. The molecule has 0 aromatic rings. The average Bonchev–Trinajstić information content (AvgIpc) is 2.52. The summed E-state index contributed by atoms with van der Waals surface area (Å²) in [7, 11) is 0. The van der Waals surface area contributed by atoms with Gasteiger partial charge in [-0.15, -0.1) is 13.2 Å². The van der Waals surface area contributed by atoms with E-state index < -0.39 is 36.6 Å². The van der Waals surface area contributed by atoms with Crippen molar-refractivity contribution in [3.63, 3.8) is 0 Å². The smallest absolute Gasteiger partial charge is 0.115 e. The van der Waals surface area contributed by atoms with Crippen LogP contribution >= 0.6 is 0 Å². The molecule has 0 heterocycles. The van der Waals surface area contributed by atoms with Crippen LogP contribution in [0.1, 0.15) is 25.7 Å². The van der Waals surface area contributed by atoms with Gasteiger partial charge in [-0.3, -0.25) is 0 Å². The van der Waals surface area contributed by atoms with Gasteiger partial charge in [0, 0.05) is 13.2 Å². The third-order valence-corrected chi connectivity index (χ3v) is 3.77. The maximum Gasteiger partial charge on any atom is 0.115 e. The van der Waals surface area contributed by atoms with Crippen molar-refractivity contribution >= 4 is 0 Å². The molecule has 0 bridgehead atoms. The van der Waals surface area contributed by atoms with Crippen molar-refractivity contribution in [2.45, 2.75) is 62.3 Å². The Labute approximate surface area is 131 Å². The van der Waals surface area contributed by atoms with Gasteiger partial charge in [0.05, 0.1) is 0 Å². The molecule has 0 aromatic heterocycles. The Morgan fingerprint density at radius 2 is 1.05 bits per heavy atom. The van der Waals surface area contributed by atoms with Crippen LogP contribution in [-0.2, 0) is 9.47 Å². The van der Waals surface area contributed by atoms with Gasteiger partial charge in [0.15, 0.2) is 0 Å². The van der Waals surface area contributed by atoms with Crippen LogP contribution in [0, 0.1) is 0 Å². The zero-order valence-corrected chi connectivity index (χ0v) is 12.9. The molecule has 0 spiro atoms. The summed E-state index contributed by atoms with van der Waals surface area (Å²) in [6.07, 6.45) is -0.853. The average molecular weight is 316 g/mol. The Morgan fingerprint density at radius 3 is 1.36 bits per heavy atom. The molecule has 22 heavy (non-hydrogen) atoms. The first-order valence-electron chi connectivity index (χ1n) is 7.71. The number of rotatable bonds is 10. The fraction of sp³-hybridized carbons (Fsp3) is 0.750. The molecule has 128 valence electrons. The van der Waals surface area contributed by atoms with Crippen molar-refractivity contribution in [2.75, 3.05) is 13.2 Å². The van der Waals surface area contributed by atoms with Gasteiger partial charge in [-0.1, -0.05) is 12.2 Å². The third-order valence-electron chi connectivity index (χ3n) is 3.77. The molecular formula is C16H28O6. The topological polar surface area (TPSA) is 99.4 Å². The molecule has 6 nitrogen and oxygen atoms in total. The fourth-order valence-electron chi connectivity index (χ4n) is 2.46. The van der Waals surface area contributed by atoms with Crippen molar-refractivity contribution in [3.8, 4) is 0 Å². The number of unbranched alkanes of at least 4 members (excludes halogenated alkanes) is 2. The molecule has 0 saturated heterocycles. The Bertz CT molecular complexity index is 303. The van der Waals surface area contributed by atoms with Crippen LogP contribution in [0.4, 0.5) is 0 Å². The van der Waals surface area contributed by atoms with Gasteiger partial charge in [0.2, 0.25) is 0 Å². The molecule has 0 radical (unpaired) electrons. The first-order valence-corrected chi connectivity index (χ1v) is 7.71. The quantitative estimate of drug-likeness (QED) is 0.338. The van der Waals surface area contributed by atoms with Crippen LogP contribution in [0.15, 0.2) is 25.3 Å². The van der Waals surface area contributed by atoms with E-state index in [2.05, 4.69) is 13.2 Å². The number of hydrogen-bond donors (Lipinski definition) is 4. The van der Waals surface area contributed by atoms with E-state index in [0.717, 1.165) is 12.8 Å². The van der Waals surface area contributed by atoms with Crippen molar-refractivity contribution in [1.29, 1.82) is 0 Å². The van der Waals surface area contributed by atoms with Gasteiger partial charge in [-0.05, 0) is 25.7 Å². The standard InChI is InChI=1S/C16H28O6/c1-3-5-7-9-21-15-13(19)11(17)12(18)14(20)16(15)22-10-8-6-4-2/h3-4,11-20H,1-2,5-10H2/t11-,12-,13-,14-,15+,16+/m0/s1. The van der Waals surface area contributed by atoms with Gasteiger partial charge in [0.1, 0.15) is 36.6 Å². The largest absolute Gasteiger partial charge is 0.387 e. The number of aliphatic hydroxyl groups excluding tert-OH is 4. The Morgan fingerprint density at radius 1 is 0.682 bits per heavy atom. The SMILES string of the molecule is C=CCCCO[C@@H]1[C@@H](O)[C@@H](O)[C@H](O)[C@H](O)[C@H]1OCCCC=C. The molecule has 6 atom stereocenters. The first-order chi connectivity index (χ1) is 10.5. The van der Waals surface area contributed by atoms with Crippen LogP contribution in [0.2, 0.25) is 0 Å². The van der Waals surface area contributed by atoms with Gasteiger partial charge in [-0.2, -0.15) is 0 Å². The van der Waals surface area contributed by atoms with Gasteiger partial charge in [-0.25, -0.2) is 0 Å². The highest BCUT2D eigenvalue weighted by Gasteiger charge is 2.50. The van der Waals surface area contributed by atoms with E-state index in [4.69, 9.17) is 9.47 Å². The van der Waals surface area contributed by atoms with Crippen LogP contribution in [0.5, 0.6) is 0 Å². The third kappa shape index (κ3) is 5.15. The summed E-state index contributed by atoms with van der Waals surface area (Å²) in [5.41, 5.74) is 0. The van der Waals surface area contributed by atoms with Crippen molar-refractivity contribution in [3.05, 3.63) is 25.3 Å². The summed E-state index contributed by atoms with van der Waals surface area (Å²) in [4.78, 5) is 0. The molecule has 1 aliphatic carbocycles. The second-order valence-electron chi connectivity index (χ2n) is 5.49. The highest BCUT2D eigenvalue weighted by Crippen LogP contribution is 2.26. The number of aliphatic hydroxyl groups is 4. The molecule has 0 unspecified atom stereocenters. The predicted octanol–water partition coefficient (Wildman–Crippen LogP) is 0.146. The molecule has 1 rings (SSSR count). The molecule has 1 aliphatic rings. The highest BCUT2D eigenvalue weighted by atomic mass is 16.6. The fourth-order valence-corrected chi connectivity index (χ4v) is 2.46. The second kappa shape index (κ2) is 10.1. The predicted molar refractivity (Wildman–Crippen MR) is 82.4 cm³/mol. The first kappa shape index (κ1) is 19.3. The van der Waals surface area contributed by atoms with E-state index in [9.17, 15) is 20.4 Å². The minimum atomic E-state index is -1.47. The van der Waals surface area contributed by atoms with E-state index in [0.29, 0.717) is 26.1 Å². The van der Waals surface area contributed by atoms with E-state index in [-0.39, 0.29) is 0 Å². The van der Waals surface area contributed by atoms with Crippen LogP contribution < -0.4 is 0 Å². The lowest BCUT2D eigenvalue weighted by molar-refractivity contribution is -0.246. The maximum atomic E-state index is 10.1. The van der Waals surface area contributed by atoms with E-state index >= 15 is 0 Å². The summed E-state index contributed by atoms with van der Waals surface area (Å²) in [6, 6.07) is 0. The maximum absolute atomic E-state index is 10.1. The number of allylic oxidation sites excluding steroid dienone is 2.